The first-order valence-electron chi connectivity index (χ1n) is 6.88. The highest BCUT2D eigenvalue weighted by Crippen LogP contribution is 2.46. The van der Waals surface area contributed by atoms with E-state index in [1.54, 1.807) is 30.2 Å². The van der Waals surface area contributed by atoms with Gasteiger partial charge in [-0.1, -0.05) is 0 Å². The van der Waals surface area contributed by atoms with Gasteiger partial charge in [-0.2, -0.15) is 0 Å². The van der Waals surface area contributed by atoms with Gasteiger partial charge in [0.2, 0.25) is 0 Å². The first-order valence-corrected chi connectivity index (χ1v) is 8.92. The summed E-state index contributed by atoms with van der Waals surface area (Å²) in [6.07, 6.45) is 4.04. The van der Waals surface area contributed by atoms with Gasteiger partial charge in [-0.05, 0) is 26.0 Å². The minimum absolute atomic E-state index is 0.215. The van der Waals surface area contributed by atoms with Crippen molar-refractivity contribution < 1.29 is 9.53 Å². The Labute approximate surface area is 128 Å². The van der Waals surface area contributed by atoms with Crippen LogP contribution in [0, 0.1) is 5.92 Å². The maximum atomic E-state index is 12.3. The number of carbonyl (C=O) groups excluding carboxylic acids is 1. The topological polar surface area (TPSA) is 55.6 Å². The number of nitrogens with two attached hydrogens (primary N) is 1. The second-order valence-electron chi connectivity index (χ2n) is 4.89. The van der Waals surface area contributed by atoms with Crippen LogP contribution in [0.2, 0.25) is 0 Å². The molecule has 20 heavy (non-hydrogen) atoms. The molecule has 0 spiro atoms. The van der Waals surface area contributed by atoms with E-state index in [1.165, 1.54) is 0 Å². The first-order chi connectivity index (χ1) is 9.63. The molecular weight excluding hydrogens is 292 g/mol. The van der Waals surface area contributed by atoms with Crippen LogP contribution < -0.4 is 10.6 Å². The summed E-state index contributed by atoms with van der Waals surface area (Å²) in [6, 6.07) is 0. The number of nitrogen functional groups attached to an aromatic ring is 1. The second kappa shape index (κ2) is 6.83. The Hall–Kier alpha value is -0.720. The van der Waals surface area contributed by atoms with Gasteiger partial charge in [0.05, 0.1) is 22.1 Å². The molecule has 2 N–H and O–H groups in total. The van der Waals surface area contributed by atoms with Gasteiger partial charge >= 0.3 is 0 Å². The number of hydrogen-bond acceptors (Lipinski definition) is 6. The van der Waals surface area contributed by atoms with Crippen LogP contribution >= 0.6 is 23.1 Å². The largest absolute Gasteiger partial charge is 0.396 e. The molecule has 0 atom stereocenters. The number of thioether (sulfide) groups is 1. The lowest BCUT2D eigenvalue weighted by atomic mass is 10.2. The summed E-state index contributed by atoms with van der Waals surface area (Å²) in [7, 11) is 1.70. The fraction of sp³-hybridized carbons (Fsp3) is 0.643. The average molecular weight is 314 g/mol. The molecule has 0 saturated heterocycles. The zero-order chi connectivity index (χ0) is 14.7. The Morgan fingerprint density at radius 3 is 2.75 bits per heavy atom. The van der Waals surface area contributed by atoms with Crippen LogP contribution in [0.25, 0.3) is 0 Å². The molecule has 0 unspecified atom stereocenters. The van der Waals surface area contributed by atoms with Crippen LogP contribution in [-0.4, -0.2) is 38.8 Å². The molecule has 0 aliphatic heterocycles. The minimum Gasteiger partial charge on any atom is -0.396 e. The molecule has 6 heteroatoms. The van der Waals surface area contributed by atoms with Gasteiger partial charge in [-0.25, -0.2) is 0 Å². The summed E-state index contributed by atoms with van der Waals surface area (Å²) in [5, 5.41) is 1.11. The standard InChI is InChI=1S/C14H22N2O2S2/c1-4-16(7-8-18-2)14-13(19-3)10(15)12(20-14)11(17)9-5-6-9/h9H,4-8,15H2,1-3H3. The molecule has 0 aromatic carbocycles. The zero-order valence-electron chi connectivity index (χ0n) is 12.3. The highest BCUT2D eigenvalue weighted by atomic mass is 32.2. The number of methoxy groups -OCH3 is 1. The second-order valence-corrected chi connectivity index (χ2v) is 6.71. The molecule has 1 saturated carbocycles. The number of ketones is 1. The van der Waals surface area contributed by atoms with E-state index >= 15 is 0 Å². The van der Waals surface area contributed by atoms with E-state index in [0.29, 0.717) is 12.3 Å². The van der Waals surface area contributed by atoms with E-state index in [0.717, 1.165) is 40.7 Å². The Kier molecular flexibility index (Phi) is 5.35. The predicted octanol–water partition coefficient (Wildman–Crippen LogP) is 3.12. The number of hydrogen-bond donors (Lipinski definition) is 1. The van der Waals surface area contributed by atoms with Crippen molar-refractivity contribution in [1.29, 1.82) is 0 Å². The number of Topliss-reactive ketones (excluding diaryl/α,β-unsaturated/α-hetero) is 1. The van der Waals surface area contributed by atoms with E-state index in [1.807, 2.05) is 6.26 Å². The predicted molar refractivity (Wildman–Crippen MR) is 87.3 cm³/mol. The maximum Gasteiger partial charge on any atom is 0.178 e. The van der Waals surface area contributed by atoms with Crippen molar-refractivity contribution in [2.75, 3.05) is 43.7 Å². The molecule has 0 amide bonds. The molecule has 0 radical (unpaired) electrons. The molecule has 1 aromatic heterocycles. The van der Waals surface area contributed by atoms with Crippen molar-refractivity contribution in [2.45, 2.75) is 24.7 Å². The van der Waals surface area contributed by atoms with Crippen molar-refractivity contribution >= 4 is 39.6 Å². The van der Waals surface area contributed by atoms with Crippen molar-refractivity contribution in [1.82, 2.24) is 0 Å². The summed E-state index contributed by atoms with van der Waals surface area (Å²) in [5.41, 5.74) is 6.88. The zero-order valence-corrected chi connectivity index (χ0v) is 13.9. The lowest BCUT2D eigenvalue weighted by Gasteiger charge is -2.22. The van der Waals surface area contributed by atoms with Crippen LogP contribution in [0.5, 0.6) is 0 Å². The van der Waals surface area contributed by atoms with Crippen molar-refractivity contribution in [3.63, 3.8) is 0 Å². The first kappa shape index (κ1) is 15.7. The Morgan fingerprint density at radius 2 is 2.25 bits per heavy atom. The molecule has 0 bridgehead atoms. The lowest BCUT2D eigenvalue weighted by molar-refractivity contribution is 0.0972. The number of rotatable bonds is 8. The SMILES string of the molecule is CCN(CCOC)c1sc(C(=O)C2CC2)c(N)c1SC. The highest BCUT2D eigenvalue weighted by Gasteiger charge is 2.34. The summed E-state index contributed by atoms with van der Waals surface area (Å²) in [5.74, 6) is 0.449. The van der Waals surface area contributed by atoms with E-state index in [9.17, 15) is 4.79 Å². The molecule has 1 aromatic rings. The van der Waals surface area contributed by atoms with Crippen molar-refractivity contribution in [3.05, 3.63) is 4.88 Å². The van der Waals surface area contributed by atoms with Crippen LogP contribution in [0.1, 0.15) is 29.4 Å². The molecule has 112 valence electrons. The number of ether oxygens (including phenoxy) is 1. The molecule has 1 aliphatic carbocycles. The van der Waals surface area contributed by atoms with Gasteiger partial charge < -0.3 is 15.4 Å². The van der Waals surface area contributed by atoms with E-state index in [2.05, 4.69) is 11.8 Å². The smallest absolute Gasteiger partial charge is 0.178 e. The van der Waals surface area contributed by atoms with Crippen LogP contribution in [0.3, 0.4) is 0 Å². The molecule has 1 heterocycles. The van der Waals surface area contributed by atoms with E-state index in [-0.39, 0.29) is 11.7 Å². The number of likely N-dealkylation sites (N-methyl/N-ethyl adjacent to an activating group) is 1. The van der Waals surface area contributed by atoms with Crippen LogP contribution in [0.15, 0.2) is 4.90 Å². The quantitative estimate of drug-likeness (QED) is 0.590. The minimum atomic E-state index is 0.215. The van der Waals surface area contributed by atoms with Crippen molar-refractivity contribution in [2.24, 2.45) is 5.92 Å². The summed E-state index contributed by atoms with van der Waals surface area (Å²) < 4.78 is 5.16. The third kappa shape index (κ3) is 3.13. The summed E-state index contributed by atoms with van der Waals surface area (Å²) in [4.78, 5) is 16.3. The molecule has 1 fully saturated rings. The fourth-order valence-electron chi connectivity index (χ4n) is 2.14. The number of anilines is 2. The van der Waals surface area contributed by atoms with E-state index < -0.39 is 0 Å². The summed E-state index contributed by atoms with van der Waals surface area (Å²) >= 11 is 3.17. The molecule has 2 rings (SSSR count). The Bertz CT molecular complexity index is 484. The molecule has 4 nitrogen and oxygen atoms in total. The lowest BCUT2D eigenvalue weighted by Crippen LogP contribution is -2.26. The Balaban J connectivity index is 2.30. The molecule has 1 aliphatic rings. The highest BCUT2D eigenvalue weighted by molar-refractivity contribution is 7.99. The molecular formula is C14H22N2O2S2. The van der Waals surface area contributed by atoms with E-state index in [4.69, 9.17) is 10.5 Å². The number of nitrogens with zero attached hydrogens (tertiary/aromatic N) is 1. The van der Waals surface area contributed by atoms with Gasteiger partial charge in [-0.15, -0.1) is 23.1 Å². The number of carbonyl (C=O) groups is 1. The normalized spacial score (nSPS) is 14.6. The third-order valence-electron chi connectivity index (χ3n) is 3.49. The van der Waals surface area contributed by atoms with Gasteiger partial charge in [0.25, 0.3) is 0 Å². The Morgan fingerprint density at radius 1 is 1.55 bits per heavy atom. The van der Waals surface area contributed by atoms with Gasteiger partial charge in [-0.3, -0.25) is 4.79 Å². The van der Waals surface area contributed by atoms with Gasteiger partial charge in [0.1, 0.15) is 5.00 Å². The fourth-order valence-corrected chi connectivity index (χ4v) is 4.43. The van der Waals surface area contributed by atoms with Gasteiger partial charge in [0, 0.05) is 26.1 Å². The third-order valence-corrected chi connectivity index (χ3v) is 5.72. The summed E-state index contributed by atoms with van der Waals surface area (Å²) in [6.45, 7) is 4.48. The average Bonchev–Trinajstić information content (AvgIpc) is 3.24. The van der Waals surface area contributed by atoms with Crippen LogP contribution in [0.4, 0.5) is 10.7 Å². The van der Waals surface area contributed by atoms with Gasteiger partial charge in [0.15, 0.2) is 5.78 Å². The monoisotopic (exact) mass is 314 g/mol. The van der Waals surface area contributed by atoms with Crippen LogP contribution in [-0.2, 0) is 4.74 Å². The maximum absolute atomic E-state index is 12.3. The van der Waals surface area contributed by atoms with Crippen molar-refractivity contribution in [3.8, 4) is 0 Å². The number of thiophene rings is 1.